The van der Waals surface area contributed by atoms with Crippen LogP contribution in [-0.4, -0.2) is 34.6 Å². The molecule has 0 fully saturated rings. The number of carbonyl (C=O) groups is 1. The lowest BCUT2D eigenvalue weighted by Crippen LogP contribution is -2.09. The third kappa shape index (κ3) is 2.69. The first-order valence-corrected chi connectivity index (χ1v) is 6.41. The van der Waals surface area contributed by atoms with Gasteiger partial charge in [-0.3, -0.25) is 0 Å². The molecule has 16 heavy (non-hydrogen) atoms. The van der Waals surface area contributed by atoms with Gasteiger partial charge in [-0.15, -0.1) is 0 Å². The van der Waals surface area contributed by atoms with Gasteiger partial charge in [0.25, 0.3) is 0 Å². The molecule has 6 heteroatoms. The van der Waals surface area contributed by atoms with Crippen LogP contribution in [0.4, 0.5) is 5.82 Å². The summed E-state index contributed by atoms with van der Waals surface area (Å²) in [5.74, 6) is 1.72. The third-order valence-corrected chi connectivity index (χ3v) is 3.00. The number of nitrogen functional groups attached to an aromatic ring is 1. The minimum Gasteiger partial charge on any atom is -0.464 e. The Balaban J connectivity index is 2.85. The maximum absolute atomic E-state index is 11.3. The van der Waals surface area contributed by atoms with Crippen molar-refractivity contribution in [3.63, 3.8) is 0 Å². The third-order valence-electron chi connectivity index (χ3n) is 2.31. The molecule has 0 aliphatic rings. The van der Waals surface area contributed by atoms with Gasteiger partial charge < -0.3 is 15.0 Å². The number of hydrogen-bond acceptors (Lipinski definition) is 5. The summed E-state index contributed by atoms with van der Waals surface area (Å²) in [5, 5.41) is 0. The van der Waals surface area contributed by atoms with Crippen LogP contribution in [0, 0.1) is 6.92 Å². The fourth-order valence-corrected chi connectivity index (χ4v) is 1.90. The molecule has 2 N–H and O–H groups in total. The second-order valence-electron chi connectivity index (χ2n) is 3.38. The predicted octanol–water partition coefficient (Wildman–Crippen LogP) is 1.31. The number of methoxy groups -OCH3 is 1. The van der Waals surface area contributed by atoms with E-state index in [0.29, 0.717) is 5.82 Å². The van der Waals surface area contributed by atoms with Crippen molar-refractivity contribution < 1.29 is 9.53 Å². The van der Waals surface area contributed by atoms with E-state index in [1.54, 1.807) is 11.8 Å². The number of ether oxygens (including phenoxy) is 1. The first-order chi connectivity index (χ1) is 7.61. The molecule has 0 spiro atoms. The highest BCUT2D eigenvalue weighted by Gasteiger charge is 2.18. The average molecular weight is 243 g/mol. The molecule has 1 aromatic heterocycles. The fraction of sp³-hybridized carbons (Fsp3) is 0.600. The maximum atomic E-state index is 11.3. The quantitative estimate of drug-likeness (QED) is 0.623. The molecular formula is C10H17N3O2S. The lowest BCUT2D eigenvalue weighted by molar-refractivity contribution is 0.0595. The summed E-state index contributed by atoms with van der Waals surface area (Å²) in [5.41, 5.74) is 6.07. The van der Waals surface area contributed by atoms with Gasteiger partial charge in [0.1, 0.15) is 11.6 Å². The van der Waals surface area contributed by atoms with Crippen molar-refractivity contribution in [2.24, 2.45) is 0 Å². The van der Waals surface area contributed by atoms with Crippen molar-refractivity contribution in [1.29, 1.82) is 0 Å². The van der Waals surface area contributed by atoms with Crippen LogP contribution in [0.25, 0.3) is 0 Å². The van der Waals surface area contributed by atoms with E-state index in [2.05, 4.69) is 16.0 Å². The monoisotopic (exact) mass is 243 g/mol. The Hall–Kier alpha value is -1.17. The largest absolute Gasteiger partial charge is 0.464 e. The molecule has 0 unspecified atom stereocenters. The van der Waals surface area contributed by atoms with Gasteiger partial charge >= 0.3 is 5.97 Å². The fourth-order valence-electron chi connectivity index (χ4n) is 1.48. The smallest absolute Gasteiger partial charge is 0.360 e. The topological polar surface area (TPSA) is 70.1 Å². The van der Waals surface area contributed by atoms with E-state index in [1.165, 1.54) is 7.11 Å². The Morgan fingerprint density at radius 1 is 1.62 bits per heavy atom. The second-order valence-corrected chi connectivity index (χ2v) is 4.37. The van der Waals surface area contributed by atoms with Gasteiger partial charge in [0.2, 0.25) is 0 Å². The van der Waals surface area contributed by atoms with Crippen molar-refractivity contribution in [3.8, 4) is 0 Å². The molecule has 1 heterocycles. The molecule has 0 aromatic carbocycles. The van der Waals surface area contributed by atoms with Crippen LogP contribution >= 0.6 is 11.8 Å². The molecule has 90 valence electrons. The molecular weight excluding hydrogens is 226 g/mol. The van der Waals surface area contributed by atoms with Crippen LogP contribution < -0.4 is 5.73 Å². The summed E-state index contributed by atoms with van der Waals surface area (Å²) in [6, 6.07) is 0. The number of anilines is 1. The van der Waals surface area contributed by atoms with Gasteiger partial charge in [-0.1, -0.05) is 0 Å². The molecule has 0 bridgehead atoms. The number of hydrogen-bond donors (Lipinski definition) is 1. The van der Waals surface area contributed by atoms with Crippen LogP contribution in [0.5, 0.6) is 0 Å². The van der Waals surface area contributed by atoms with Crippen LogP contribution in [-0.2, 0) is 11.3 Å². The highest BCUT2D eigenvalue weighted by Crippen LogP contribution is 2.16. The zero-order chi connectivity index (χ0) is 12.1. The van der Waals surface area contributed by atoms with Crippen LogP contribution in [0.3, 0.4) is 0 Å². The van der Waals surface area contributed by atoms with E-state index < -0.39 is 5.97 Å². The van der Waals surface area contributed by atoms with Crippen molar-refractivity contribution in [1.82, 2.24) is 9.55 Å². The van der Waals surface area contributed by atoms with E-state index in [1.807, 2.05) is 11.5 Å². The SMILES string of the molecule is COC(=O)c1nc(C)n(CCCSC)c1N. The van der Waals surface area contributed by atoms with Gasteiger partial charge in [0, 0.05) is 6.54 Å². The molecule has 0 atom stereocenters. The van der Waals surface area contributed by atoms with Gasteiger partial charge in [-0.2, -0.15) is 11.8 Å². The molecule has 0 saturated heterocycles. The number of esters is 1. The molecule has 1 aromatic rings. The Labute approximate surface area is 99.4 Å². The first-order valence-electron chi connectivity index (χ1n) is 5.01. The Morgan fingerprint density at radius 2 is 2.31 bits per heavy atom. The van der Waals surface area contributed by atoms with Gasteiger partial charge in [-0.25, -0.2) is 9.78 Å². The summed E-state index contributed by atoms with van der Waals surface area (Å²) in [6.07, 6.45) is 3.06. The summed E-state index contributed by atoms with van der Waals surface area (Å²) in [4.78, 5) is 15.5. The summed E-state index contributed by atoms with van der Waals surface area (Å²) < 4.78 is 6.46. The minimum atomic E-state index is -0.482. The standard InChI is InChI=1S/C10H17N3O2S/c1-7-12-8(10(14)15-2)9(11)13(7)5-4-6-16-3/h4-6,11H2,1-3H3. The number of nitrogens with zero attached hydrogens (tertiary/aromatic N) is 2. The molecule has 0 amide bonds. The summed E-state index contributed by atoms with van der Waals surface area (Å²) in [6.45, 7) is 2.62. The van der Waals surface area contributed by atoms with Crippen molar-refractivity contribution >= 4 is 23.5 Å². The molecule has 1 rings (SSSR count). The number of carbonyl (C=O) groups excluding carboxylic acids is 1. The first kappa shape index (κ1) is 12.9. The Kier molecular flexibility index (Phi) is 4.67. The number of thioether (sulfide) groups is 1. The van der Waals surface area contributed by atoms with Crippen LogP contribution in [0.2, 0.25) is 0 Å². The zero-order valence-electron chi connectivity index (χ0n) is 9.82. The summed E-state index contributed by atoms with van der Waals surface area (Å²) >= 11 is 1.78. The van der Waals surface area contributed by atoms with Gasteiger partial charge in [0.05, 0.1) is 7.11 Å². The van der Waals surface area contributed by atoms with Crippen LogP contribution in [0.15, 0.2) is 0 Å². The van der Waals surface area contributed by atoms with E-state index in [0.717, 1.165) is 24.5 Å². The normalized spacial score (nSPS) is 10.4. The number of rotatable bonds is 5. The van der Waals surface area contributed by atoms with Crippen molar-refractivity contribution in [2.75, 3.05) is 24.9 Å². The van der Waals surface area contributed by atoms with E-state index in [4.69, 9.17) is 5.73 Å². The average Bonchev–Trinajstić information content (AvgIpc) is 2.56. The van der Waals surface area contributed by atoms with E-state index >= 15 is 0 Å². The number of nitrogens with two attached hydrogens (primary N) is 1. The highest BCUT2D eigenvalue weighted by molar-refractivity contribution is 7.98. The maximum Gasteiger partial charge on any atom is 0.360 e. The van der Waals surface area contributed by atoms with Crippen LogP contribution in [0.1, 0.15) is 22.7 Å². The molecule has 0 aliphatic carbocycles. The van der Waals surface area contributed by atoms with E-state index in [9.17, 15) is 4.79 Å². The lowest BCUT2D eigenvalue weighted by atomic mass is 10.4. The Morgan fingerprint density at radius 3 is 2.88 bits per heavy atom. The highest BCUT2D eigenvalue weighted by atomic mass is 32.2. The van der Waals surface area contributed by atoms with E-state index in [-0.39, 0.29) is 5.69 Å². The molecule has 0 saturated carbocycles. The predicted molar refractivity (Wildman–Crippen MR) is 65.7 cm³/mol. The minimum absolute atomic E-state index is 0.212. The van der Waals surface area contributed by atoms with Gasteiger partial charge in [0.15, 0.2) is 5.69 Å². The van der Waals surface area contributed by atoms with Gasteiger partial charge in [-0.05, 0) is 25.4 Å². The molecule has 5 nitrogen and oxygen atoms in total. The molecule has 0 radical (unpaired) electrons. The molecule has 0 aliphatic heterocycles. The number of aryl methyl sites for hydroxylation is 1. The van der Waals surface area contributed by atoms with Crippen molar-refractivity contribution in [2.45, 2.75) is 19.9 Å². The number of imidazole rings is 1. The zero-order valence-corrected chi connectivity index (χ0v) is 10.6. The number of aromatic nitrogens is 2. The Bertz CT molecular complexity index is 376. The second kappa shape index (κ2) is 5.79. The lowest BCUT2D eigenvalue weighted by Gasteiger charge is -2.06. The summed E-state index contributed by atoms with van der Waals surface area (Å²) in [7, 11) is 1.32. The van der Waals surface area contributed by atoms with Crippen molar-refractivity contribution in [3.05, 3.63) is 11.5 Å².